The quantitative estimate of drug-likeness (QED) is 0.805. The Labute approximate surface area is 94.3 Å². The molecular formula is C11H18N2OS. The SMILES string of the molecule is Cc1csc(CC2(O)CCCC(N)C2)n1. The summed E-state index contributed by atoms with van der Waals surface area (Å²) in [6, 6.07) is 0.157. The van der Waals surface area contributed by atoms with Crippen molar-refractivity contribution in [2.75, 3.05) is 0 Å². The molecule has 1 fully saturated rings. The molecule has 2 unspecified atom stereocenters. The molecule has 0 saturated heterocycles. The van der Waals surface area contributed by atoms with Crippen molar-refractivity contribution in [3.05, 3.63) is 16.1 Å². The summed E-state index contributed by atoms with van der Waals surface area (Å²) in [6.07, 6.45) is 4.31. The molecule has 1 aliphatic rings. The maximum Gasteiger partial charge on any atom is 0.0956 e. The number of aryl methyl sites for hydroxylation is 1. The fourth-order valence-electron chi connectivity index (χ4n) is 2.31. The average Bonchev–Trinajstić information content (AvgIpc) is 2.49. The van der Waals surface area contributed by atoms with Crippen LogP contribution in [0.4, 0.5) is 0 Å². The third-order valence-electron chi connectivity index (χ3n) is 3.01. The number of hydrogen-bond donors (Lipinski definition) is 2. The van der Waals surface area contributed by atoms with E-state index in [1.807, 2.05) is 12.3 Å². The minimum absolute atomic E-state index is 0.157. The van der Waals surface area contributed by atoms with Crippen molar-refractivity contribution in [2.24, 2.45) is 5.73 Å². The molecule has 0 radical (unpaired) electrons. The van der Waals surface area contributed by atoms with Gasteiger partial charge < -0.3 is 10.8 Å². The van der Waals surface area contributed by atoms with Crippen LogP contribution in [0.1, 0.15) is 36.4 Å². The first kappa shape index (κ1) is 11.0. The Balaban J connectivity index is 2.03. The van der Waals surface area contributed by atoms with Crippen molar-refractivity contribution < 1.29 is 5.11 Å². The van der Waals surface area contributed by atoms with Gasteiger partial charge in [0.2, 0.25) is 0 Å². The van der Waals surface area contributed by atoms with Crippen LogP contribution in [0.3, 0.4) is 0 Å². The van der Waals surface area contributed by atoms with Gasteiger partial charge in [0.25, 0.3) is 0 Å². The normalized spacial score (nSPS) is 31.8. The number of nitrogens with two attached hydrogens (primary N) is 1. The summed E-state index contributed by atoms with van der Waals surface area (Å²) in [5.74, 6) is 0. The van der Waals surface area contributed by atoms with Crippen LogP contribution >= 0.6 is 11.3 Å². The highest BCUT2D eigenvalue weighted by atomic mass is 32.1. The van der Waals surface area contributed by atoms with Crippen molar-refractivity contribution in [2.45, 2.75) is 50.7 Å². The van der Waals surface area contributed by atoms with Crippen LogP contribution in [0, 0.1) is 6.92 Å². The van der Waals surface area contributed by atoms with Gasteiger partial charge in [0.05, 0.1) is 10.6 Å². The zero-order chi connectivity index (χ0) is 10.9. The van der Waals surface area contributed by atoms with E-state index in [1.165, 1.54) is 0 Å². The second kappa shape index (κ2) is 4.20. The minimum atomic E-state index is -0.609. The predicted octanol–water partition coefficient (Wildman–Crippen LogP) is 1.63. The van der Waals surface area contributed by atoms with Gasteiger partial charge in [-0.3, -0.25) is 0 Å². The molecule has 0 amide bonds. The maximum atomic E-state index is 10.4. The van der Waals surface area contributed by atoms with Gasteiger partial charge in [0.15, 0.2) is 0 Å². The van der Waals surface area contributed by atoms with Gasteiger partial charge in [-0.05, 0) is 32.6 Å². The first-order valence-corrected chi connectivity index (χ1v) is 6.34. The topological polar surface area (TPSA) is 59.1 Å². The molecule has 1 heterocycles. The van der Waals surface area contributed by atoms with E-state index in [-0.39, 0.29) is 6.04 Å². The summed E-state index contributed by atoms with van der Waals surface area (Å²) in [7, 11) is 0. The summed E-state index contributed by atoms with van der Waals surface area (Å²) in [5, 5.41) is 13.5. The molecule has 84 valence electrons. The van der Waals surface area contributed by atoms with Crippen LogP contribution in [0.2, 0.25) is 0 Å². The summed E-state index contributed by atoms with van der Waals surface area (Å²) in [5.41, 5.74) is 6.32. The Bertz CT molecular complexity index is 339. The summed E-state index contributed by atoms with van der Waals surface area (Å²) in [4.78, 5) is 4.39. The van der Waals surface area contributed by atoms with E-state index >= 15 is 0 Å². The molecule has 3 N–H and O–H groups in total. The van der Waals surface area contributed by atoms with E-state index in [0.717, 1.165) is 30.0 Å². The Morgan fingerprint density at radius 1 is 1.73 bits per heavy atom. The molecule has 2 atom stereocenters. The molecule has 2 rings (SSSR count). The van der Waals surface area contributed by atoms with Crippen molar-refractivity contribution >= 4 is 11.3 Å². The lowest BCUT2D eigenvalue weighted by atomic mass is 9.80. The number of aromatic nitrogens is 1. The van der Waals surface area contributed by atoms with Gasteiger partial charge in [-0.25, -0.2) is 4.98 Å². The van der Waals surface area contributed by atoms with Gasteiger partial charge in [-0.1, -0.05) is 0 Å². The standard InChI is InChI=1S/C11H18N2OS/c1-8-7-15-10(13-8)6-11(14)4-2-3-9(12)5-11/h7,9,14H,2-6,12H2,1H3. The molecule has 3 nitrogen and oxygen atoms in total. The first-order valence-electron chi connectivity index (χ1n) is 5.46. The highest BCUT2D eigenvalue weighted by Gasteiger charge is 2.33. The molecule has 1 aromatic heterocycles. The second-order valence-corrected chi connectivity index (χ2v) is 5.58. The van der Waals surface area contributed by atoms with Gasteiger partial charge in [-0.15, -0.1) is 11.3 Å². The molecule has 1 aromatic rings. The fraction of sp³-hybridized carbons (Fsp3) is 0.727. The highest BCUT2D eigenvalue weighted by molar-refractivity contribution is 7.09. The molecule has 0 bridgehead atoms. The highest BCUT2D eigenvalue weighted by Crippen LogP contribution is 2.31. The lowest BCUT2D eigenvalue weighted by molar-refractivity contribution is -0.00195. The minimum Gasteiger partial charge on any atom is -0.389 e. The third kappa shape index (κ3) is 2.77. The Morgan fingerprint density at radius 2 is 2.53 bits per heavy atom. The summed E-state index contributed by atoms with van der Waals surface area (Å²) < 4.78 is 0. The van der Waals surface area contributed by atoms with Crippen molar-refractivity contribution in [1.82, 2.24) is 4.98 Å². The molecule has 15 heavy (non-hydrogen) atoms. The summed E-state index contributed by atoms with van der Waals surface area (Å²) in [6.45, 7) is 1.98. The monoisotopic (exact) mass is 226 g/mol. The molecule has 0 aliphatic heterocycles. The lowest BCUT2D eigenvalue weighted by Gasteiger charge is -2.34. The van der Waals surface area contributed by atoms with Crippen LogP contribution in [0.15, 0.2) is 5.38 Å². The Morgan fingerprint density at radius 3 is 3.13 bits per heavy atom. The van der Waals surface area contributed by atoms with Crippen molar-refractivity contribution in [3.63, 3.8) is 0 Å². The van der Waals surface area contributed by atoms with E-state index < -0.39 is 5.60 Å². The number of aliphatic hydroxyl groups is 1. The van der Waals surface area contributed by atoms with Gasteiger partial charge >= 0.3 is 0 Å². The average molecular weight is 226 g/mol. The maximum absolute atomic E-state index is 10.4. The third-order valence-corrected chi connectivity index (χ3v) is 3.97. The Kier molecular flexibility index (Phi) is 3.09. The largest absolute Gasteiger partial charge is 0.389 e. The molecule has 4 heteroatoms. The van der Waals surface area contributed by atoms with Crippen LogP contribution < -0.4 is 5.73 Å². The molecule has 0 spiro atoms. The second-order valence-electron chi connectivity index (χ2n) is 4.64. The van der Waals surface area contributed by atoms with Crippen LogP contribution in [-0.2, 0) is 6.42 Å². The lowest BCUT2D eigenvalue weighted by Crippen LogP contribution is -2.42. The van der Waals surface area contributed by atoms with Crippen molar-refractivity contribution in [3.8, 4) is 0 Å². The number of hydrogen-bond acceptors (Lipinski definition) is 4. The van der Waals surface area contributed by atoms with Crippen LogP contribution in [0.25, 0.3) is 0 Å². The molecule has 1 aliphatic carbocycles. The van der Waals surface area contributed by atoms with Crippen molar-refractivity contribution in [1.29, 1.82) is 0 Å². The Hall–Kier alpha value is -0.450. The van der Waals surface area contributed by atoms with E-state index in [9.17, 15) is 5.11 Å². The first-order chi connectivity index (χ1) is 7.07. The van der Waals surface area contributed by atoms with Crippen LogP contribution in [0.5, 0.6) is 0 Å². The van der Waals surface area contributed by atoms with E-state index in [0.29, 0.717) is 12.8 Å². The molecular weight excluding hydrogens is 208 g/mol. The van der Waals surface area contributed by atoms with Gasteiger partial charge in [-0.2, -0.15) is 0 Å². The molecule has 0 aromatic carbocycles. The zero-order valence-electron chi connectivity index (χ0n) is 9.07. The zero-order valence-corrected chi connectivity index (χ0v) is 9.89. The molecule has 1 saturated carbocycles. The summed E-state index contributed by atoms with van der Waals surface area (Å²) >= 11 is 1.63. The number of rotatable bonds is 2. The predicted molar refractivity (Wildman–Crippen MR) is 61.9 cm³/mol. The smallest absolute Gasteiger partial charge is 0.0956 e. The van der Waals surface area contributed by atoms with E-state index in [4.69, 9.17) is 5.73 Å². The number of thiazole rings is 1. The van der Waals surface area contributed by atoms with Gasteiger partial charge in [0.1, 0.15) is 0 Å². The van der Waals surface area contributed by atoms with Crippen LogP contribution in [-0.4, -0.2) is 21.7 Å². The fourth-order valence-corrected chi connectivity index (χ4v) is 3.22. The van der Waals surface area contributed by atoms with E-state index in [2.05, 4.69) is 4.98 Å². The van der Waals surface area contributed by atoms with E-state index in [1.54, 1.807) is 11.3 Å². The van der Waals surface area contributed by atoms with Gasteiger partial charge in [0, 0.05) is 23.5 Å². The number of nitrogens with zero attached hydrogens (tertiary/aromatic N) is 1.